The molecule has 3 heterocycles. The summed E-state index contributed by atoms with van der Waals surface area (Å²) in [7, 11) is 0. The molecule has 1 saturated heterocycles. The van der Waals surface area contributed by atoms with Crippen molar-refractivity contribution in [3.05, 3.63) is 36.9 Å². The summed E-state index contributed by atoms with van der Waals surface area (Å²) >= 11 is 3.41. The van der Waals surface area contributed by atoms with Crippen LogP contribution in [0.3, 0.4) is 0 Å². The Hall–Kier alpha value is -1.63. The average molecular weight is 343 g/mol. The lowest BCUT2D eigenvalue weighted by Crippen LogP contribution is -2.36. The molecule has 0 aliphatic carbocycles. The van der Waals surface area contributed by atoms with Gasteiger partial charge in [-0.2, -0.15) is 0 Å². The number of fused-ring (bicyclic) bond motifs is 3. The number of aromatic nitrogens is 2. The molecule has 2 aromatic heterocycles. The average Bonchev–Trinajstić information content (AvgIpc) is 2.99. The number of rotatable bonds is 4. The van der Waals surface area contributed by atoms with E-state index in [0.29, 0.717) is 0 Å². The number of benzene rings is 1. The van der Waals surface area contributed by atoms with Crippen molar-refractivity contribution in [3.63, 3.8) is 0 Å². The molecule has 1 fully saturated rings. The second-order valence-corrected chi connectivity index (χ2v) is 7.34. The highest BCUT2D eigenvalue weighted by Gasteiger charge is 2.20. The molecular weight excluding hydrogens is 326 g/mol. The van der Waals surface area contributed by atoms with E-state index in [1.807, 2.05) is 6.08 Å². The maximum Gasteiger partial charge on any atom is 0.190 e. The van der Waals surface area contributed by atoms with Gasteiger partial charge in [0.2, 0.25) is 0 Å². The van der Waals surface area contributed by atoms with Crippen LogP contribution in [-0.2, 0) is 4.74 Å². The Morgan fingerprint density at radius 1 is 1.26 bits per heavy atom. The number of morpholine rings is 1. The maximum atomic E-state index is 5.49. The minimum atomic E-state index is 0.755. The van der Waals surface area contributed by atoms with E-state index in [2.05, 4.69) is 35.7 Å². The van der Waals surface area contributed by atoms with Crippen LogP contribution in [0.5, 0.6) is 0 Å². The first-order valence-electron chi connectivity index (χ1n) is 7.62. The van der Waals surface area contributed by atoms with Gasteiger partial charge in [-0.1, -0.05) is 36.0 Å². The van der Waals surface area contributed by atoms with Gasteiger partial charge >= 0.3 is 0 Å². The van der Waals surface area contributed by atoms with Crippen LogP contribution in [0.1, 0.15) is 0 Å². The van der Waals surface area contributed by atoms with E-state index in [0.717, 1.165) is 48.5 Å². The van der Waals surface area contributed by atoms with Gasteiger partial charge in [-0.25, -0.2) is 9.97 Å². The molecule has 0 unspecified atom stereocenters. The molecule has 3 aromatic rings. The molecule has 0 saturated carbocycles. The Labute approximate surface area is 143 Å². The van der Waals surface area contributed by atoms with E-state index in [-0.39, 0.29) is 0 Å². The topological polar surface area (TPSA) is 38.2 Å². The van der Waals surface area contributed by atoms with Gasteiger partial charge in [0.25, 0.3) is 0 Å². The lowest BCUT2D eigenvalue weighted by Gasteiger charge is -2.28. The summed E-state index contributed by atoms with van der Waals surface area (Å²) in [5.41, 5.74) is 1.06. The Morgan fingerprint density at radius 3 is 2.91 bits per heavy atom. The second kappa shape index (κ2) is 6.47. The predicted molar refractivity (Wildman–Crippen MR) is 98.9 cm³/mol. The number of hydrogen-bond donors (Lipinski definition) is 0. The van der Waals surface area contributed by atoms with Crippen molar-refractivity contribution in [2.75, 3.05) is 37.0 Å². The molecule has 0 spiro atoms. The van der Waals surface area contributed by atoms with Crippen LogP contribution >= 0.6 is 23.1 Å². The third-order valence-electron chi connectivity index (χ3n) is 3.82. The summed E-state index contributed by atoms with van der Waals surface area (Å²) < 4.78 is 7.93. The zero-order chi connectivity index (χ0) is 15.6. The zero-order valence-corrected chi connectivity index (χ0v) is 14.3. The fourth-order valence-corrected chi connectivity index (χ4v) is 4.48. The SMILES string of the molecule is C=CCSc1nc(N2CCOCC2)c2sc3ccccc3c2n1. The van der Waals surface area contributed by atoms with Crippen LogP contribution in [0, 0.1) is 0 Å². The minimum absolute atomic E-state index is 0.755. The molecule has 23 heavy (non-hydrogen) atoms. The lowest BCUT2D eigenvalue weighted by molar-refractivity contribution is 0.122. The Kier molecular flexibility index (Phi) is 4.20. The summed E-state index contributed by atoms with van der Waals surface area (Å²) in [5, 5.41) is 2.03. The highest BCUT2D eigenvalue weighted by Crippen LogP contribution is 2.38. The molecule has 4 rings (SSSR count). The molecular formula is C17H17N3OS2. The molecule has 0 bridgehead atoms. The van der Waals surface area contributed by atoms with Crippen LogP contribution in [0.25, 0.3) is 20.3 Å². The normalized spacial score (nSPS) is 15.4. The van der Waals surface area contributed by atoms with Crippen molar-refractivity contribution < 1.29 is 4.74 Å². The van der Waals surface area contributed by atoms with E-state index in [1.165, 1.54) is 14.8 Å². The largest absolute Gasteiger partial charge is 0.378 e. The van der Waals surface area contributed by atoms with Crippen LogP contribution in [0.2, 0.25) is 0 Å². The number of thiophene rings is 1. The van der Waals surface area contributed by atoms with E-state index in [9.17, 15) is 0 Å². The molecule has 4 nitrogen and oxygen atoms in total. The molecule has 1 aliphatic heterocycles. The number of hydrogen-bond acceptors (Lipinski definition) is 6. The summed E-state index contributed by atoms with van der Waals surface area (Å²) in [6, 6.07) is 8.45. The van der Waals surface area contributed by atoms with Gasteiger partial charge in [-0.3, -0.25) is 0 Å². The van der Waals surface area contributed by atoms with E-state index < -0.39 is 0 Å². The summed E-state index contributed by atoms with van der Waals surface area (Å²) in [5.74, 6) is 1.86. The van der Waals surface area contributed by atoms with Crippen molar-refractivity contribution in [1.82, 2.24) is 9.97 Å². The first-order chi connectivity index (χ1) is 11.4. The van der Waals surface area contributed by atoms with Crippen molar-refractivity contribution in [3.8, 4) is 0 Å². The summed E-state index contributed by atoms with van der Waals surface area (Å²) in [6.07, 6.45) is 1.89. The van der Waals surface area contributed by atoms with Crippen molar-refractivity contribution in [2.45, 2.75) is 5.16 Å². The van der Waals surface area contributed by atoms with Crippen LogP contribution < -0.4 is 4.90 Å². The van der Waals surface area contributed by atoms with Gasteiger partial charge in [-0.05, 0) is 6.07 Å². The smallest absolute Gasteiger partial charge is 0.190 e. The highest BCUT2D eigenvalue weighted by atomic mass is 32.2. The Balaban J connectivity index is 1.91. The summed E-state index contributed by atoms with van der Waals surface area (Å²) in [4.78, 5) is 12.0. The lowest BCUT2D eigenvalue weighted by atomic mass is 10.2. The monoisotopic (exact) mass is 343 g/mol. The van der Waals surface area contributed by atoms with Gasteiger partial charge < -0.3 is 9.64 Å². The van der Waals surface area contributed by atoms with Crippen molar-refractivity contribution in [2.24, 2.45) is 0 Å². The molecule has 1 aromatic carbocycles. The molecule has 1 aliphatic rings. The van der Waals surface area contributed by atoms with Gasteiger partial charge in [0.05, 0.1) is 23.4 Å². The van der Waals surface area contributed by atoms with Crippen LogP contribution in [-0.4, -0.2) is 42.0 Å². The standard InChI is InChI=1S/C17H17N3OS2/c1-2-11-22-17-18-14-12-5-3-4-6-13(12)23-15(14)16(19-17)20-7-9-21-10-8-20/h2-6H,1,7-11H2. The molecule has 118 valence electrons. The number of nitrogens with zero attached hydrogens (tertiary/aromatic N) is 3. The van der Waals surface area contributed by atoms with Crippen LogP contribution in [0.15, 0.2) is 42.1 Å². The quantitative estimate of drug-likeness (QED) is 0.407. The zero-order valence-electron chi connectivity index (χ0n) is 12.7. The number of thioether (sulfide) groups is 1. The minimum Gasteiger partial charge on any atom is -0.378 e. The first-order valence-corrected chi connectivity index (χ1v) is 9.42. The van der Waals surface area contributed by atoms with E-state index in [4.69, 9.17) is 14.7 Å². The van der Waals surface area contributed by atoms with Gasteiger partial charge in [0, 0.05) is 28.9 Å². The second-order valence-electron chi connectivity index (χ2n) is 5.30. The molecule has 0 amide bonds. The van der Waals surface area contributed by atoms with Gasteiger partial charge in [0.15, 0.2) is 11.0 Å². The van der Waals surface area contributed by atoms with E-state index >= 15 is 0 Å². The number of ether oxygens (including phenoxy) is 1. The fraction of sp³-hybridized carbons (Fsp3) is 0.294. The highest BCUT2D eigenvalue weighted by molar-refractivity contribution is 7.99. The molecule has 6 heteroatoms. The first kappa shape index (κ1) is 14.9. The number of anilines is 1. The third kappa shape index (κ3) is 2.82. The van der Waals surface area contributed by atoms with Crippen molar-refractivity contribution in [1.29, 1.82) is 0 Å². The Morgan fingerprint density at radius 2 is 2.09 bits per heavy atom. The molecule has 0 atom stereocenters. The van der Waals surface area contributed by atoms with Gasteiger partial charge in [0.1, 0.15) is 0 Å². The third-order valence-corrected chi connectivity index (χ3v) is 5.82. The molecule has 0 radical (unpaired) electrons. The maximum absolute atomic E-state index is 5.49. The van der Waals surface area contributed by atoms with Crippen LogP contribution in [0.4, 0.5) is 5.82 Å². The fourth-order valence-electron chi connectivity index (χ4n) is 2.74. The summed E-state index contributed by atoms with van der Waals surface area (Å²) in [6.45, 7) is 7.06. The van der Waals surface area contributed by atoms with E-state index in [1.54, 1.807) is 23.1 Å². The van der Waals surface area contributed by atoms with Crippen molar-refractivity contribution >= 4 is 49.2 Å². The van der Waals surface area contributed by atoms with Gasteiger partial charge in [-0.15, -0.1) is 17.9 Å². The predicted octanol–water partition coefficient (Wildman–Crippen LogP) is 3.96. The Bertz CT molecular complexity index is 856. The molecule has 0 N–H and O–H groups in total.